The summed E-state index contributed by atoms with van der Waals surface area (Å²) in [5.74, 6) is -0.787. The van der Waals surface area contributed by atoms with Crippen molar-refractivity contribution in [1.82, 2.24) is 14.8 Å². The summed E-state index contributed by atoms with van der Waals surface area (Å²) in [5.41, 5.74) is 1.50. The van der Waals surface area contributed by atoms with Gasteiger partial charge in [-0.05, 0) is 19.1 Å². The number of piperazine rings is 1. The number of hydrogen-bond acceptors (Lipinski definition) is 4. The predicted octanol–water partition coefficient (Wildman–Crippen LogP) is 0.623. The minimum atomic E-state index is -0.783. The third kappa shape index (κ3) is 3.77. The van der Waals surface area contributed by atoms with Crippen molar-refractivity contribution in [3.05, 3.63) is 29.6 Å². The van der Waals surface area contributed by atoms with Gasteiger partial charge in [-0.25, -0.2) is 0 Å². The fourth-order valence-electron chi connectivity index (χ4n) is 2.21. The molecule has 0 saturated carbocycles. The molecule has 1 saturated heterocycles. The van der Waals surface area contributed by atoms with Crippen molar-refractivity contribution in [3.8, 4) is 0 Å². The van der Waals surface area contributed by atoms with Crippen LogP contribution >= 0.6 is 0 Å². The van der Waals surface area contributed by atoms with E-state index >= 15 is 0 Å². The molecule has 1 aliphatic heterocycles. The van der Waals surface area contributed by atoms with Crippen molar-refractivity contribution in [1.29, 1.82) is 0 Å². The number of carboxylic acid groups (broad SMARTS) is 1. The van der Waals surface area contributed by atoms with Crippen molar-refractivity contribution < 1.29 is 14.7 Å². The second-order valence-electron chi connectivity index (χ2n) is 4.97. The molecule has 20 heavy (non-hydrogen) atoms. The highest BCUT2D eigenvalue weighted by molar-refractivity contribution is 5.94. The highest BCUT2D eigenvalue weighted by Gasteiger charge is 2.22. The van der Waals surface area contributed by atoms with Gasteiger partial charge in [-0.2, -0.15) is 0 Å². The molecule has 1 aromatic rings. The first kappa shape index (κ1) is 14.5. The Morgan fingerprint density at radius 1 is 1.25 bits per heavy atom. The zero-order valence-corrected chi connectivity index (χ0v) is 11.6. The molecule has 0 atom stereocenters. The monoisotopic (exact) mass is 277 g/mol. The van der Waals surface area contributed by atoms with Crippen LogP contribution in [0.5, 0.6) is 0 Å². The Morgan fingerprint density at radius 2 is 1.95 bits per heavy atom. The molecule has 1 aromatic heterocycles. The number of amides is 1. The van der Waals surface area contributed by atoms with E-state index < -0.39 is 5.97 Å². The number of hydrogen-bond donors (Lipinski definition) is 1. The third-order valence-corrected chi connectivity index (χ3v) is 3.46. The second kappa shape index (κ2) is 6.47. The first-order chi connectivity index (χ1) is 9.56. The van der Waals surface area contributed by atoms with Crippen LogP contribution in [0.15, 0.2) is 18.3 Å². The molecular formula is C14H19N3O3. The van der Waals surface area contributed by atoms with E-state index in [0.29, 0.717) is 25.2 Å². The average Bonchev–Trinajstić information content (AvgIpc) is 2.46. The normalized spacial score (nSPS) is 16.1. The molecule has 0 unspecified atom stereocenters. The number of carboxylic acids is 1. The quantitative estimate of drug-likeness (QED) is 0.873. The average molecular weight is 277 g/mol. The summed E-state index contributed by atoms with van der Waals surface area (Å²) in [5, 5.41) is 8.66. The van der Waals surface area contributed by atoms with Gasteiger partial charge in [0.15, 0.2) is 0 Å². The van der Waals surface area contributed by atoms with Crippen LogP contribution < -0.4 is 0 Å². The zero-order valence-electron chi connectivity index (χ0n) is 11.6. The summed E-state index contributed by atoms with van der Waals surface area (Å²) in [6.45, 7) is 5.13. The van der Waals surface area contributed by atoms with Gasteiger partial charge in [-0.15, -0.1) is 0 Å². The van der Waals surface area contributed by atoms with Crippen molar-refractivity contribution >= 4 is 11.9 Å². The maximum atomic E-state index is 12.3. The lowest BCUT2D eigenvalue weighted by Gasteiger charge is -2.34. The van der Waals surface area contributed by atoms with Gasteiger partial charge in [0, 0.05) is 44.6 Å². The van der Waals surface area contributed by atoms with Crippen LogP contribution in [0.25, 0.3) is 0 Å². The number of rotatable bonds is 4. The SMILES string of the molecule is Cc1ccc(C(=O)N2CCN(CCC(=O)O)CC2)cn1. The van der Waals surface area contributed by atoms with E-state index in [4.69, 9.17) is 5.11 Å². The summed E-state index contributed by atoms with van der Waals surface area (Å²) in [7, 11) is 0. The topological polar surface area (TPSA) is 73.7 Å². The van der Waals surface area contributed by atoms with E-state index in [9.17, 15) is 9.59 Å². The van der Waals surface area contributed by atoms with Crippen LogP contribution in [0.4, 0.5) is 0 Å². The molecule has 1 amide bonds. The maximum Gasteiger partial charge on any atom is 0.304 e. The molecule has 108 valence electrons. The van der Waals surface area contributed by atoms with E-state index in [1.807, 2.05) is 13.0 Å². The lowest BCUT2D eigenvalue weighted by Crippen LogP contribution is -2.49. The van der Waals surface area contributed by atoms with Crippen molar-refractivity contribution in [3.63, 3.8) is 0 Å². The van der Waals surface area contributed by atoms with Crippen molar-refractivity contribution in [2.75, 3.05) is 32.7 Å². The minimum Gasteiger partial charge on any atom is -0.481 e. The molecule has 6 nitrogen and oxygen atoms in total. The maximum absolute atomic E-state index is 12.3. The zero-order chi connectivity index (χ0) is 14.5. The van der Waals surface area contributed by atoms with Gasteiger partial charge in [0.1, 0.15) is 0 Å². The number of carbonyl (C=O) groups excluding carboxylic acids is 1. The van der Waals surface area contributed by atoms with Gasteiger partial charge in [-0.1, -0.05) is 0 Å². The first-order valence-corrected chi connectivity index (χ1v) is 6.72. The minimum absolute atomic E-state index is 0.00427. The number of aromatic nitrogens is 1. The third-order valence-electron chi connectivity index (χ3n) is 3.46. The summed E-state index contributed by atoms with van der Waals surface area (Å²) >= 11 is 0. The first-order valence-electron chi connectivity index (χ1n) is 6.72. The van der Waals surface area contributed by atoms with Crippen LogP contribution in [0.2, 0.25) is 0 Å². The largest absolute Gasteiger partial charge is 0.481 e. The predicted molar refractivity (Wildman–Crippen MR) is 73.6 cm³/mol. The highest BCUT2D eigenvalue weighted by atomic mass is 16.4. The number of pyridine rings is 1. The summed E-state index contributed by atoms with van der Waals surface area (Å²) < 4.78 is 0. The molecule has 0 aromatic carbocycles. The van der Waals surface area contributed by atoms with Crippen LogP contribution in [0.3, 0.4) is 0 Å². The Bertz CT molecular complexity index is 479. The molecule has 0 aliphatic carbocycles. The van der Waals surface area contributed by atoms with Crippen LogP contribution in [0, 0.1) is 6.92 Å². The highest BCUT2D eigenvalue weighted by Crippen LogP contribution is 2.09. The second-order valence-corrected chi connectivity index (χ2v) is 4.97. The molecular weight excluding hydrogens is 258 g/mol. The Kier molecular flexibility index (Phi) is 4.68. The van der Waals surface area contributed by atoms with Gasteiger partial charge in [0.05, 0.1) is 12.0 Å². The molecule has 1 aliphatic rings. The van der Waals surface area contributed by atoms with Crippen LogP contribution in [-0.2, 0) is 4.79 Å². The van der Waals surface area contributed by atoms with Crippen molar-refractivity contribution in [2.45, 2.75) is 13.3 Å². The lowest BCUT2D eigenvalue weighted by atomic mass is 10.2. The van der Waals surface area contributed by atoms with Crippen LogP contribution in [0.1, 0.15) is 22.5 Å². The molecule has 0 radical (unpaired) electrons. The van der Waals surface area contributed by atoms with Gasteiger partial charge in [0.25, 0.3) is 5.91 Å². The van der Waals surface area contributed by atoms with E-state index in [0.717, 1.165) is 18.8 Å². The van der Waals surface area contributed by atoms with Crippen LogP contribution in [-0.4, -0.2) is 64.5 Å². The molecule has 0 spiro atoms. The lowest BCUT2D eigenvalue weighted by molar-refractivity contribution is -0.137. The Balaban J connectivity index is 1.85. The Labute approximate surface area is 118 Å². The smallest absolute Gasteiger partial charge is 0.304 e. The number of carbonyl (C=O) groups is 2. The number of aliphatic carboxylic acids is 1. The molecule has 2 heterocycles. The summed E-state index contributed by atoms with van der Waals surface area (Å²) in [6, 6.07) is 3.62. The summed E-state index contributed by atoms with van der Waals surface area (Å²) in [6.07, 6.45) is 1.75. The van der Waals surface area contributed by atoms with Gasteiger partial charge >= 0.3 is 5.97 Å². The molecule has 0 bridgehead atoms. The van der Waals surface area contributed by atoms with Crippen molar-refractivity contribution in [2.24, 2.45) is 0 Å². The molecule has 2 rings (SSSR count). The number of nitrogens with zero attached hydrogens (tertiary/aromatic N) is 3. The Hall–Kier alpha value is -1.95. The molecule has 1 N–H and O–H groups in total. The number of aryl methyl sites for hydroxylation is 1. The van der Waals surface area contributed by atoms with Gasteiger partial charge in [0.2, 0.25) is 0 Å². The Morgan fingerprint density at radius 3 is 2.50 bits per heavy atom. The fraction of sp³-hybridized carbons (Fsp3) is 0.500. The fourth-order valence-corrected chi connectivity index (χ4v) is 2.21. The van der Waals surface area contributed by atoms with Gasteiger partial charge < -0.3 is 10.0 Å². The molecule has 1 fully saturated rings. The summed E-state index contributed by atoms with van der Waals surface area (Å²) in [4.78, 5) is 30.8. The molecule has 6 heteroatoms. The van der Waals surface area contributed by atoms with Gasteiger partial charge in [-0.3, -0.25) is 19.5 Å². The standard InChI is InChI=1S/C14H19N3O3/c1-11-2-3-12(10-15-11)14(20)17-8-6-16(7-9-17)5-4-13(18)19/h2-3,10H,4-9H2,1H3,(H,18,19). The van der Waals surface area contributed by atoms with E-state index in [2.05, 4.69) is 9.88 Å². The van der Waals surface area contributed by atoms with E-state index in [1.165, 1.54) is 0 Å². The van der Waals surface area contributed by atoms with E-state index in [1.54, 1.807) is 17.2 Å². The van der Waals surface area contributed by atoms with E-state index in [-0.39, 0.29) is 12.3 Å².